The van der Waals surface area contributed by atoms with E-state index < -0.39 is 0 Å². The molecule has 0 saturated carbocycles. The summed E-state index contributed by atoms with van der Waals surface area (Å²) in [4.78, 5) is 24.8. The molecule has 0 bridgehead atoms. The molecule has 1 amide bonds. The van der Waals surface area contributed by atoms with Gasteiger partial charge >= 0.3 is 0 Å². The quantitative estimate of drug-likeness (QED) is 0.887. The van der Waals surface area contributed by atoms with Gasteiger partial charge in [-0.15, -0.1) is 0 Å². The Morgan fingerprint density at radius 2 is 1.96 bits per heavy atom. The molecule has 4 rings (SSSR count). The molecule has 1 atom stereocenters. The second-order valence-electron chi connectivity index (χ2n) is 7.08. The molecular weight excluding hydrogens is 346 g/mol. The van der Waals surface area contributed by atoms with Gasteiger partial charge in [-0.25, -0.2) is 4.68 Å². The number of benzene rings is 1. The van der Waals surface area contributed by atoms with Crippen LogP contribution in [0.15, 0.2) is 29.1 Å². The van der Waals surface area contributed by atoms with Crippen LogP contribution in [-0.2, 0) is 19.4 Å². The van der Waals surface area contributed by atoms with Gasteiger partial charge in [0.2, 0.25) is 0 Å². The molecule has 1 aliphatic carbocycles. The van der Waals surface area contributed by atoms with E-state index in [1.54, 1.807) is 24.3 Å². The first-order chi connectivity index (χ1) is 13.1. The van der Waals surface area contributed by atoms with Gasteiger partial charge in [-0.2, -0.15) is 5.10 Å². The van der Waals surface area contributed by atoms with Crippen molar-refractivity contribution in [1.82, 2.24) is 15.1 Å². The molecule has 0 spiro atoms. The van der Waals surface area contributed by atoms with Gasteiger partial charge in [-0.05, 0) is 56.4 Å². The maximum absolute atomic E-state index is 12.5. The van der Waals surface area contributed by atoms with E-state index in [0.717, 1.165) is 36.9 Å². The highest BCUT2D eigenvalue weighted by molar-refractivity contribution is 5.95. The molecule has 27 heavy (non-hydrogen) atoms. The molecule has 142 valence electrons. The Bertz CT molecular complexity index is 922. The van der Waals surface area contributed by atoms with Gasteiger partial charge in [0, 0.05) is 17.7 Å². The lowest BCUT2D eigenvalue weighted by Crippen LogP contribution is -2.39. The van der Waals surface area contributed by atoms with Crippen molar-refractivity contribution < 1.29 is 14.3 Å². The molecule has 0 fully saturated rings. The summed E-state index contributed by atoms with van der Waals surface area (Å²) in [6.45, 7) is 3.19. The smallest absolute Gasteiger partial charge is 0.267 e. The SMILES string of the molecule is C[C@@H](Cn1nc2c(cc1=O)CCCC2)NC(=O)c1ccc2c(c1)OCCO2. The van der Waals surface area contributed by atoms with E-state index in [9.17, 15) is 9.59 Å². The summed E-state index contributed by atoms with van der Waals surface area (Å²) in [5.74, 6) is 1.01. The van der Waals surface area contributed by atoms with Gasteiger partial charge in [0.15, 0.2) is 11.5 Å². The lowest BCUT2D eigenvalue weighted by molar-refractivity contribution is 0.0934. The van der Waals surface area contributed by atoms with Gasteiger partial charge < -0.3 is 14.8 Å². The van der Waals surface area contributed by atoms with Crippen molar-refractivity contribution in [1.29, 1.82) is 0 Å². The highest BCUT2D eigenvalue weighted by atomic mass is 16.6. The fourth-order valence-corrected chi connectivity index (χ4v) is 3.53. The van der Waals surface area contributed by atoms with Crippen LogP contribution in [0.4, 0.5) is 0 Å². The number of ether oxygens (including phenoxy) is 2. The molecule has 7 nitrogen and oxygen atoms in total. The van der Waals surface area contributed by atoms with Crippen molar-refractivity contribution in [3.05, 3.63) is 51.4 Å². The zero-order valence-corrected chi connectivity index (χ0v) is 15.4. The molecule has 2 aromatic rings. The first-order valence-electron chi connectivity index (χ1n) is 9.40. The minimum atomic E-state index is -0.238. The van der Waals surface area contributed by atoms with E-state index in [2.05, 4.69) is 10.4 Å². The molecule has 2 heterocycles. The zero-order valence-electron chi connectivity index (χ0n) is 15.4. The molecule has 1 aliphatic heterocycles. The second kappa shape index (κ2) is 7.42. The number of fused-ring (bicyclic) bond motifs is 2. The van der Waals surface area contributed by atoms with Gasteiger partial charge in [-0.3, -0.25) is 9.59 Å². The van der Waals surface area contributed by atoms with Gasteiger partial charge in [-0.1, -0.05) is 0 Å². The fraction of sp³-hybridized carbons (Fsp3) is 0.450. The number of aromatic nitrogens is 2. The first kappa shape index (κ1) is 17.6. The highest BCUT2D eigenvalue weighted by Crippen LogP contribution is 2.30. The number of aryl methyl sites for hydroxylation is 2. The van der Waals surface area contributed by atoms with Crippen molar-refractivity contribution in [2.45, 2.75) is 45.2 Å². The van der Waals surface area contributed by atoms with E-state index in [0.29, 0.717) is 36.8 Å². The highest BCUT2D eigenvalue weighted by Gasteiger charge is 2.18. The zero-order chi connectivity index (χ0) is 18.8. The molecule has 2 aliphatic rings. The summed E-state index contributed by atoms with van der Waals surface area (Å²) in [7, 11) is 0. The number of carbonyl (C=O) groups excluding carboxylic acids is 1. The van der Waals surface area contributed by atoms with E-state index in [4.69, 9.17) is 9.47 Å². The van der Waals surface area contributed by atoms with Crippen molar-refractivity contribution in [2.24, 2.45) is 0 Å². The average Bonchev–Trinajstić information content (AvgIpc) is 2.68. The Kier molecular flexibility index (Phi) is 4.83. The average molecular weight is 369 g/mol. The van der Waals surface area contributed by atoms with Crippen LogP contribution in [0.1, 0.15) is 41.4 Å². The molecular formula is C20H23N3O4. The van der Waals surface area contributed by atoms with Gasteiger partial charge in [0.25, 0.3) is 11.5 Å². The molecule has 1 aromatic heterocycles. The number of nitrogens with zero attached hydrogens (tertiary/aromatic N) is 2. The van der Waals surface area contributed by atoms with Crippen molar-refractivity contribution in [2.75, 3.05) is 13.2 Å². The summed E-state index contributed by atoms with van der Waals surface area (Å²) in [5.41, 5.74) is 2.45. The van der Waals surface area contributed by atoms with Crippen LogP contribution in [0.5, 0.6) is 11.5 Å². The van der Waals surface area contributed by atoms with Crippen LogP contribution in [0.2, 0.25) is 0 Å². The predicted octanol–water partition coefficient (Wildman–Crippen LogP) is 1.71. The van der Waals surface area contributed by atoms with Crippen LogP contribution in [-0.4, -0.2) is 34.9 Å². The standard InChI is InChI=1S/C20H23N3O4/c1-13(12-23-19(24)11-14-4-2-3-5-16(14)22-23)21-20(25)15-6-7-17-18(10-15)27-9-8-26-17/h6-7,10-11,13H,2-5,8-9,12H2,1H3,(H,21,25)/t13-/m0/s1. The third-order valence-electron chi connectivity index (χ3n) is 4.90. The number of nitrogens with one attached hydrogen (secondary N) is 1. The molecule has 0 unspecified atom stereocenters. The fourth-order valence-electron chi connectivity index (χ4n) is 3.53. The minimum absolute atomic E-state index is 0.115. The Morgan fingerprint density at radius 1 is 1.19 bits per heavy atom. The molecule has 0 saturated heterocycles. The third-order valence-corrected chi connectivity index (χ3v) is 4.90. The van der Waals surface area contributed by atoms with Crippen molar-refractivity contribution >= 4 is 5.91 Å². The number of amides is 1. The number of hydrogen-bond donors (Lipinski definition) is 1. The van der Waals surface area contributed by atoms with E-state index in [1.165, 1.54) is 4.68 Å². The molecule has 0 radical (unpaired) electrons. The first-order valence-corrected chi connectivity index (χ1v) is 9.40. The van der Waals surface area contributed by atoms with Gasteiger partial charge in [0.05, 0.1) is 12.2 Å². The third kappa shape index (κ3) is 3.82. The van der Waals surface area contributed by atoms with Gasteiger partial charge in [0.1, 0.15) is 13.2 Å². The van der Waals surface area contributed by atoms with Crippen LogP contribution in [0, 0.1) is 0 Å². The van der Waals surface area contributed by atoms with Crippen LogP contribution < -0.4 is 20.3 Å². The number of rotatable bonds is 4. The summed E-state index contributed by atoms with van der Waals surface area (Å²) >= 11 is 0. The molecule has 1 N–H and O–H groups in total. The van der Waals surface area contributed by atoms with Crippen LogP contribution >= 0.6 is 0 Å². The monoisotopic (exact) mass is 369 g/mol. The molecule has 7 heteroatoms. The van der Waals surface area contributed by atoms with Crippen molar-refractivity contribution in [3.63, 3.8) is 0 Å². The maximum atomic E-state index is 12.5. The van der Waals surface area contributed by atoms with Crippen LogP contribution in [0.25, 0.3) is 0 Å². The summed E-state index contributed by atoms with van der Waals surface area (Å²) in [6, 6.07) is 6.58. The summed E-state index contributed by atoms with van der Waals surface area (Å²) < 4.78 is 12.5. The normalized spacial score (nSPS) is 16.3. The van der Waals surface area contributed by atoms with Crippen molar-refractivity contribution in [3.8, 4) is 11.5 Å². The predicted molar refractivity (Wildman–Crippen MR) is 99.5 cm³/mol. The molecule has 1 aromatic carbocycles. The van der Waals surface area contributed by atoms with Crippen LogP contribution in [0.3, 0.4) is 0 Å². The van der Waals surface area contributed by atoms with E-state index in [1.807, 2.05) is 6.92 Å². The summed E-state index contributed by atoms with van der Waals surface area (Å²) in [5, 5.41) is 7.43. The maximum Gasteiger partial charge on any atom is 0.267 e. The minimum Gasteiger partial charge on any atom is -0.486 e. The van der Waals surface area contributed by atoms with E-state index >= 15 is 0 Å². The Labute approximate surface area is 157 Å². The Hall–Kier alpha value is -2.83. The second-order valence-corrected chi connectivity index (χ2v) is 7.08. The Balaban J connectivity index is 1.44. The topological polar surface area (TPSA) is 82.5 Å². The number of carbonyl (C=O) groups is 1. The largest absolute Gasteiger partial charge is 0.486 e. The van der Waals surface area contributed by atoms with E-state index in [-0.39, 0.29) is 17.5 Å². The lowest BCUT2D eigenvalue weighted by atomic mass is 9.97. The summed E-state index contributed by atoms with van der Waals surface area (Å²) in [6.07, 6.45) is 4.05. The Morgan fingerprint density at radius 3 is 2.81 bits per heavy atom. The lowest BCUT2D eigenvalue weighted by Gasteiger charge is -2.20. The number of hydrogen-bond acceptors (Lipinski definition) is 5.